The van der Waals surface area contributed by atoms with Crippen LogP contribution < -0.4 is 4.74 Å². The molecule has 2 aromatic carbocycles. The van der Waals surface area contributed by atoms with Crippen molar-refractivity contribution in [1.82, 2.24) is 4.90 Å². The lowest BCUT2D eigenvalue weighted by Crippen LogP contribution is -2.29. The van der Waals surface area contributed by atoms with Gasteiger partial charge < -0.3 is 9.47 Å². The molecule has 1 aliphatic rings. The summed E-state index contributed by atoms with van der Waals surface area (Å²) in [5.41, 5.74) is 3.11. The molecule has 5 nitrogen and oxygen atoms in total. The number of carbonyl (C=O) groups is 2. The van der Waals surface area contributed by atoms with Gasteiger partial charge in [-0.25, -0.2) is 0 Å². The highest BCUT2D eigenvalue weighted by molar-refractivity contribution is 8.26. The third-order valence-corrected chi connectivity index (χ3v) is 6.17. The van der Waals surface area contributed by atoms with Gasteiger partial charge in [-0.2, -0.15) is 0 Å². The zero-order valence-electron chi connectivity index (χ0n) is 17.6. The van der Waals surface area contributed by atoms with E-state index in [2.05, 4.69) is 13.0 Å². The Morgan fingerprint density at radius 1 is 1.16 bits per heavy atom. The van der Waals surface area contributed by atoms with Gasteiger partial charge >= 0.3 is 5.97 Å². The maximum absolute atomic E-state index is 12.8. The Kier molecular flexibility index (Phi) is 8.26. The van der Waals surface area contributed by atoms with Crippen molar-refractivity contribution in [2.75, 3.05) is 13.2 Å². The Balaban J connectivity index is 1.67. The molecule has 0 aliphatic carbocycles. The van der Waals surface area contributed by atoms with Crippen molar-refractivity contribution in [1.29, 1.82) is 0 Å². The molecule has 0 saturated carbocycles. The van der Waals surface area contributed by atoms with Crippen molar-refractivity contribution < 1.29 is 19.1 Å². The van der Waals surface area contributed by atoms with Gasteiger partial charge in [-0.05, 0) is 43.5 Å². The van der Waals surface area contributed by atoms with Gasteiger partial charge in [0.05, 0.1) is 11.5 Å². The Morgan fingerprint density at radius 3 is 2.68 bits per heavy atom. The number of para-hydroxylation sites is 1. The van der Waals surface area contributed by atoms with Crippen LogP contribution in [0.1, 0.15) is 36.5 Å². The molecule has 0 aromatic heterocycles. The standard InChI is InChI=1S/C24H25NO4S2/c1-3-28-22(26)13-8-14-25-23(27)21(31-24(25)30)15-18-10-6-7-12-20(18)29-16-19-11-5-4-9-17(19)2/h4-7,9-12,15H,3,8,13-14,16H2,1-2H3/b21-15+. The second kappa shape index (κ2) is 11.1. The van der Waals surface area contributed by atoms with Crippen LogP contribution in [0, 0.1) is 6.92 Å². The van der Waals surface area contributed by atoms with Gasteiger partial charge in [-0.3, -0.25) is 14.5 Å². The number of benzene rings is 2. The first-order valence-electron chi connectivity index (χ1n) is 10.2. The van der Waals surface area contributed by atoms with Crippen LogP contribution in [0.25, 0.3) is 6.08 Å². The van der Waals surface area contributed by atoms with Crippen molar-refractivity contribution in [3.05, 3.63) is 70.1 Å². The van der Waals surface area contributed by atoms with Crippen molar-refractivity contribution in [2.24, 2.45) is 0 Å². The summed E-state index contributed by atoms with van der Waals surface area (Å²) in [4.78, 5) is 26.5. The zero-order valence-corrected chi connectivity index (χ0v) is 19.3. The molecule has 1 saturated heterocycles. The number of thiocarbonyl (C=S) groups is 1. The highest BCUT2D eigenvalue weighted by Gasteiger charge is 2.31. The van der Waals surface area contributed by atoms with Crippen LogP contribution in [0.4, 0.5) is 0 Å². The molecule has 0 radical (unpaired) electrons. The first-order valence-corrected chi connectivity index (χ1v) is 11.4. The largest absolute Gasteiger partial charge is 0.488 e. The molecule has 0 N–H and O–H groups in total. The van der Waals surface area contributed by atoms with Gasteiger partial charge in [-0.1, -0.05) is 66.4 Å². The van der Waals surface area contributed by atoms with Crippen molar-refractivity contribution in [2.45, 2.75) is 33.3 Å². The predicted octanol–water partition coefficient (Wildman–Crippen LogP) is 5.12. The molecule has 0 atom stereocenters. The Bertz CT molecular complexity index is 1000. The number of rotatable bonds is 9. The molecular weight excluding hydrogens is 430 g/mol. The molecule has 1 fully saturated rings. The highest BCUT2D eigenvalue weighted by atomic mass is 32.2. The van der Waals surface area contributed by atoms with Gasteiger partial charge in [-0.15, -0.1) is 0 Å². The predicted molar refractivity (Wildman–Crippen MR) is 128 cm³/mol. The van der Waals surface area contributed by atoms with Gasteiger partial charge in [0, 0.05) is 18.5 Å². The highest BCUT2D eigenvalue weighted by Crippen LogP contribution is 2.34. The lowest BCUT2D eigenvalue weighted by atomic mass is 10.1. The SMILES string of the molecule is CCOC(=O)CCCN1C(=O)/C(=C\c2ccccc2OCc2ccccc2C)SC1=S. The summed E-state index contributed by atoms with van der Waals surface area (Å²) in [6, 6.07) is 15.7. The van der Waals surface area contributed by atoms with E-state index in [9.17, 15) is 9.59 Å². The number of hydrogen-bond acceptors (Lipinski definition) is 6. The molecular formula is C24H25NO4S2. The van der Waals surface area contributed by atoms with Gasteiger partial charge in [0.2, 0.25) is 0 Å². The number of ether oxygens (including phenoxy) is 2. The normalized spacial score (nSPS) is 14.9. The second-order valence-electron chi connectivity index (χ2n) is 6.99. The molecule has 7 heteroatoms. The maximum atomic E-state index is 12.8. The summed E-state index contributed by atoms with van der Waals surface area (Å²) in [5.74, 6) is 0.300. The van der Waals surface area contributed by atoms with Gasteiger partial charge in [0.15, 0.2) is 0 Å². The third kappa shape index (κ3) is 6.18. The lowest BCUT2D eigenvalue weighted by Gasteiger charge is -2.14. The number of thioether (sulfide) groups is 1. The Labute approximate surface area is 192 Å². The summed E-state index contributed by atoms with van der Waals surface area (Å²) < 4.78 is 11.5. The van der Waals surface area contributed by atoms with Crippen LogP contribution in [0.2, 0.25) is 0 Å². The average molecular weight is 456 g/mol. The van der Waals surface area contributed by atoms with E-state index < -0.39 is 0 Å². The average Bonchev–Trinajstić information content (AvgIpc) is 3.01. The molecule has 1 aliphatic heterocycles. The molecule has 162 valence electrons. The third-order valence-electron chi connectivity index (χ3n) is 4.79. The fraction of sp³-hybridized carbons (Fsp3) is 0.292. The van der Waals surface area contributed by atoms with E-state index in [1.807, 2.05) is 48.5 Å². The number of hydrogen-bond donors (Lipinski definition) is 0. The number of nitrogens with zero attached hydrogens (tertiary/aromatic N) is 1. The van der Waals surface area contributed by atoms with Gasteiger partial charge in [0.1, 0.15) is 16.7 Å². The quantitative estimate of drug-likeness (QED) is 0.297. The number of amides is 1. The van der Waals surface area contributed by atoms with Crippen LogP contribution >= 0.6 is 24.0 Å². The molecule has 3 rings (SSSR count). The minimum absolute atomic E-state index is 0.146. The number of aryl methyl sites for hydroxylation is 1. The van der Waals surface area contributed by atoms with Crippen LogP contribution in [-0.4, -0.2) is 34.2 Å². The molecule has 1 amide bonds. The molecule has 31 heavy (non-hydrogen) atoms. The summed E-state index contributed by atoms with van der Waals surface area (Å²) in [6.45, 7) is 5.03. The van der Waals surface area contributed by atoms with Crippen LogP contribution in [0.15, 0.2) is 53.4 Å². The van der Waals surface area contributed by atoms with E-state index in [1.165, 1.54) is 17.3 Å². The van der Waals surface area contributed by atoms with E-state index in [0.717, 1.165) is 11.1 Å². The van der Waals surface area contributed by atoms with E-state index in [0.29, 0.717) is 41.2 Å². The van der Waals surface area contributed by atoms with E-state index in [1.54, 1.807) is 11.8 Å². The van der Waals surface area contributed by atoms with Crippen LogP contribution in [0.3, 0.4) is 0 Å². The van der Waals surface area contributed by atoms with Crippen molar-refractivity contribution in [3.63, 3.8) is 0 Å². The van der Waals surface area contributed by atoms with E-state index in [4.69, 9.17) is 21.7 Å². The fourth-order valence-electron chi connectivity index (χ4n) is 3.11. The minimum atomic E-state index is -0.261. The summed E-state index contributed by atoms with van der Waals surface area (Å²) >= 11 is 6.65. The first-order chi connectivity index (χ1) is 15.0. The topological polar surface area (TPSA) is 55.8 Å². The number of carbonyl (C=O) groups excluding carboxylic acids is 2. The maximum Gasteiger partial charge on any atom is 0.305 e. The summed E-state index contributed by atoms with van der Waals surface area (Å²) in [5, 5.41) is 0. The monoisotopic (exact) mass is 455 g/mol. The van der Waals surface area contributed by atoms with Crippen LogP contribution in [-0.2, 0) is 20.9 Å². The number of esters is 1. The Morgan fingerprint density at radius 2 is 1.90 bits per heavy atom. The zero-order chi connectivity index (χ0) is 22.2. The van der Waals surface area contributed by atoms with E-state index >= 15 is 0 Å². The van der Waals surface area contributed by atoms with Crippen LogP contribution in [0.5, 0.6) is 5.75 Å². The molecule has 0 bridgehead atoms. The van der Waals surface area contributed by atoms with Gasteiger partial charge in [0.25, 0.3) is 5.91 Å². The second-order valence-corrected chi connectivity index (χ2v) is 8.67. The lowest BCUT2D eigenvalue weighted by molar-refractivity contribution is -0.143. The van der Waals surface area contributed by atoms with Crippen molar-refractivity contribution in [3.8, 4) is 5.75 Å². The van der Waals surface area contributed by atoms with E-state index in [-0.39, 0.29) is 18.3 Å². The Hall–Kier alpha value is -2.64. The first kappa shape index (κ1) is 23.0. The fourth-order valence-corrected chi connectivity index (χ4v) is 4.41. The minimum Gasteiger partial charge on any atom is -0.488 e. The summed E-state index contributed by atoms with van der Waals surface area (Å²) in [7, 11) is 0. The molecule has 1 heterocycles. The molecule has 0 unspecified atom stereocenters. The molecule has 2 aromatic rings. The molecule has 0 spiro atoms. The smallest absolute Gasteiger partial charge is 0.305 e. The van der Waals surface area contributed by atoms with Crippen molar-refractivity contribution >= 4 is 46.3 Å². The summed E-state index contributed by atoms with van der Waals surface area (Å²) in [6.07, 6.45) is 2.59.